The molecule has 1 aromatic carbocycles. The lowest BCUT2D eigenvalue weighted by molar-refractivity contribution is 0.160. The number of hydrogen-bond donors (Lipinski definition) is 3. The Morgan fingerprint density at radius 3 is 2.38 bits per heavy atom. The van der Waals surface area contributed by atoms with E-state index >= 15 is 0 Å². The molecule has 4 aromatic rings. The highest BCUT2D eigenvalue weighted by atomic mass is 16.3. The van der Waals surface area contributed by atoms with Gasteiger partial charge in [-0.05, 0) is 58.7 Å². The van der Waals surface area contributed by atoms with Crippen LogP contribution >= 0.6 is 0 Å². The summed E-state index contributed by atoms with van der Waals surface area (Å²) in [5, 5.41) is 31.1. The van der Waals surface area contributed by atoms with E-state index in [2.05, 4.69) is 68.3 Å². The van der Waals surface area contributed by atoms with Crippen molar-refractivity contribution in [3.05, 3.63) is 42.9 Å². The smallest absolute Gasteiger partial charge is 0.245 e. The Kier molecular flexibility index (Phi) is 5.24. The lowest BCUT2D eigenvalue weighted by atomic mass is 9.79. The van der Waals surface area contributed by atoms with Crippen molar-refractivity contribution in [2.24, 2.45) is 0 Å². The molecule has 34 heavy (non-hydrogen) atoms. The van der Waals surface area contributed by atoms with E-state index in [4.69, 9.17) is 0 Å². The number of nitrogens with one attached hydrogen (secondary N) is 2. The van der Waals surface area contributed by atoms with Gasteiger partial charge in [-0.2, -0.15) is 5.10 Å². The standard InChI is InChI=1S/C25H30N8O/c1-24(2)10-17(11-25(3,4)32-24)33(5)23-27-14-21(30-31-23)18-7-6-15(9-22(18)34)19-8-16-12-28-29-20(16)13-26-19/h6-9,12-14,17,32,34H,10-11H2,1-5H3,(H,28,29). The van der Waals surface area contributed by atoms with Crippen LogP contribution in [-0.4, -0.2) is 59.6 Å². The molecule has 9 nitrogen and oxygen atoms in total. The van der Waals surface area contributed by atoms with Gasteiger partial charge >= 0.3 is 0 Å². The zero-order valence-corrected chi connectivity index (χ0v) is 20.2. The number of pyridine rings is 1. The van der Waals surface area contributed by atoms with Crippen LogP contribution < -0.4 is 10.2 Å². The number of aromatic amines is 1. The third-order valence-corrected chi connectivity index (χ3v) is 6.48. The maximum absolute atomic E-state index is 10.7. The van der Waals surface area contributed by atoms with Crippen molar-refractivity contribution in [3.63, 3.8) is 0 Å². The number of anilines is 1. The van der Waals surface area contributed by atoms with Crippen LogP contribution in [0.5, 0.6) is 5.75 Å². The fourth-order valence-electron chi connectivity index (χ4n) is 5.17. The van der Waals surface area contributed by atoms with Gasteiger partial charge < -0.3 is 15.3 Å². The highest BCUT2D eigenvalue weighted by molar-refractivity contribution is 5.82. The molecule has 1 aliphatic heterocycles. The summed E-state index contributed by atoms with van der Waals surface area (Å²) in [5.74, 6) is 0.682. The zero-order valence-electron chi connectivity index (χ0n) is 20.2. The predicted molar refractivity (Wildman–Crippen MR) is 133 cm³/mol. The molecular weight excluding hydrogens is 428 g/mol. The molecule has 0 amide bonds. The number of fused-ring (bicyclic) bond motifs is 1. The quantitative estimate of drug-likeness (QED) is 0.421. The fourth-order valence-corrected chi connectivity index (χ4v) is 5.17. The summed E-state index contributed by atoms with van der Waals surface area (Å²) in [6.07, 6.45) is 7.12. The van der Waals surface area contributed by atoms with Gasteiger partial charge in [-0.25, -0.2) is 4.98 Å². The van der Waals surface area contributed by atoms with Gasteiger partial charge in [0, 0.05) is 40.7 Å². The van der Waals surface area contributed by atoms with Crippen molar-refractivity contribution in [1.29, 1.82) is 0 Å². The summed E-state index contributed by atoms with van der Waals surface area (Å²) in [7, 11) is 2.02. The average molecular weight is 459 g/mol. The monoisotopic (exact) mass is 458 g/mol. The van der Waals surface area contributed by atoms with Gasteiger partial charge in [0.05, 0.1) is 29.8 Å². The Balaban J connectivity index is 1.37. The van der Waals surface area contributed by atoms with Gasteiger partial charge in [0.1, 0.15) is 11.4 Å². The van der Waals surface area contributed by atoms with E-state index in [1.165, 1.54) is 0 Å². The van der Waals surface area contributed by atoms with Crippen LogP contribution in [0.15, 0.2) is 42.9 Å². The minimum Gasteiger partial charge on any atom is -0.507 e. The molecule has 176 valence electrons. The maximum atomic E-state index is 10.7. The molecule has 3 aromatic heterocycles. The topological polar surface area (TPSA) is 116 Å². The van der Waals surface area contributed by atoms with Gasteiger partial charge in [0.2, 0.25) is 5.95 Å². The first-order valence-corrected chi connectivity index (χ1v) is 11.5. The molecule has 9 heteroatoms. The molecule has 0 radical (unpaired) electrons. The summed E-state index contributed by atoms with van der Waals surface area (Å²) in [6.45, 7) is 8.91. The summed E-state index contributed by atoms with van der Waals surface area (Å²) in [5.41, 5.74) is 3.57. The van der Waals surface area contributed by atoms with Crippen molar-refractivity contribution < 1.29 is 5.11 Å². The van der Waals surface area contributed by atoms with Crippen LogP contribution in [0.2, 0.25) is 0 Å². The van der Waals surface area contributed by atoms with Gasteiger partial charge in [-0.3, -0.25) is 10.1 Å². The Morgan fingerprint density at radius 1 is 0.941 bits per heavy atom. The normalized spacial score (nSPS) is 17.7. The van der Waals surface area contributed by atoms with Crippen molar-refractivity contribution in [2.75, 3.05) is 11.9 Å². The van der Waals surface area contributed by atoms with Crippen LogP contribution in [0.1, 0.15) is 40.5 Å². The summed E-state index contributed by atoms with van der Waals surface area (Å²) >= 11 is 0. The third kappa shape index (κ3) is 4.31. The first-order chi connectivity index (χ1) is 16.1. The summed E-state index contributed by atoms with van der Waals surface area (Å²) in [6, 6.07) is 7.64. The number of hydrogen-bond acceptors (Lipinski definition) is 8. The molecule has 1 fully saturated rings. The molecule has 3 N–H and O–H groups in total. The first kappa shape index (κ1) is 22.2. The SMILES string of the molecule is CN(c1ncc(-c2ccc(-c3cc4cn[nH]c4cn3)cc2O)nn1)C1CC(C)(C)NC(C)(C)C1. The number of aromatic hydroxyl groups is 1. The second kappa shape index (κ2) is 8.02. The molecule has 1 saturated heterocycles. The number of aromatic nitrogens is 6. The van der Waals surface area contributed by atoms with E-state index in [0.29, 0.717) is 23.2 Å². The number of rotatable bonds is 4. The summed E-state index contributed by atoms with van der Waals surface area (Å²) < 4.78 is 0. The molecule has 5 rings (SSSR count). The van der Waals surface area contributed by atoms with E-state index in [1.807, 2.05) is 25.2 Å². The molecule has 4 heterocycles. The number of H-pyrrole nitrogens is 1. The van der Waals surface area contributed by atoms with Gasteiger partial charge in [-0.15, -0.1) is 10.2 Å². The number of piperidine rings is 1. The molecule has 0 saturated carbocycles. The third-order valence-electron chi connectivity index (χ3n) is 6.48. The predicted octanol–water partition coefficient (Wildman–Crippen LogP) is 3.93. The zero-order chi connectivity index (χ0) is 24.1. The number of phenolic OH excluding ortho intramolecular Hbond substituents is 1. The highest BCUT2D eigenvalue weighted by Gasteiger charge is 2.39. The van der Waals surface area contributed by atoms with Crippen LogP contribution in [0.4, 0.5) is 5.95 Å². The number of phenols is 1. The Labute approximate surface area is 198 Å². The van der Waals surface area contributed by atoms with E-state index in [9.17, 15) is 5.11 Å². The lowest BCUT2D eigenvalue weighted by Gasteiger charge is -2.48. The Morgan fingerprint density at radius 2 is 1.71 bits per heavy atom. The second-order valence-electron chi connectivity index (χ2n) is 10.5. The van der Waals surface area contributed by atoms with E-state index in [0.717, 1.165) is 35.0 Å². The first-order valence-electron chi connectivity index (χ1n) is 11.5. The molecular formula is C25H30N8O. The molecule has 0 bridgehead atoms. The molecule has 0 atom stereocenters. The van der Waals surface area contributed by atoms with E-state index in [-0.39, 0.29) is 16.8 Å². The van der Waals surface area contributed by atoms with E-state index in [1.54, 1.807) is 24.7 Å². The van der Waals surface area contributed by atoms with Gasteiger partial charge in [-0.1, -0.05) is 6.07 Å². The molecule has 0 unspecified atom stereocenters. The Hall–Kier alpha value is -3.59. The molecule has 1 aliphatic rings. The fraction of sp³-hybridized carbons (Fsp3) is 0.400. The van der Waals surface area contributed by atoms with Crippen molar-refractivity contribution in [2.45, 2.75) is 57.7 Å². The number of benzene rings is 1. The summed E-state index contributed by atoms with van der Waals surface area (Å²) in [4.78, 5) is 11.1. The average Bonchev–Trinajstić information content (AvgIpc) is 3.24. The van der Waals surface area contributed by atoms with Gasteiger partial charge in [0.25, 0.3) is 0 Å². The van der Waals surface area contributed by atoms with Crippen LogP contribution in [-0.2, 0) is 0 Å². The van der Waals surface area contributed by atoms with Crippen molar-refractivity contribution in [3.8, 4) is 28.3 Å². The van der Waals surface area contributed by atoms with Crippen LogP contribution in [0.3, 0.4) is 0 Å². The van der Waals surface area contributed by atoms with Gasteiger partial charge in [0.15, 0.2) is 0 Å². The minimum atomic E-state index is 0.0264. The van der Waals surface area contributed by atoms with Crippen molar-refractivity contribution >= 4 is 16.9 Å². The lowest BCUT2D eigenvalue weighted by Crippen LogP contribution is -2.62. The molecule has 0 spiro atoms. The Bertz CT molecular complexity index is 1310. The van der Waals surface area contributed by atoms with Crippen LogP contribution in [0.25, 0.3) is 33.4 Å². The van der Waals surface area contributed by atoms with E-state index < -0.39 is 0 Å². The number of nitrogens with zero attached hydrogens (tertiary/aromatic N) is 6. The highest BCUT2D eigenvalue weighted by Crippen LogP contribution is 2.34. The second-order valence-corrected chi connectivity index (χ2v) is 10.5. The maximum Gasteiger partial charge on any atom is 0.245 e. The van der Waals surface area contributed by atoms with Crippen LogP contribution in [0, 0.1) is 0 Å². The van der Waals surface area contributed by atoms with Crippen molar-refractivity contribution in [1.82, 2.24) is 35.7 Å². The molecule has 0 aliphatic carbocycles. The minimum absolute atomic E-state index is 0.0264. The largest absolute Gasteiger partial charge is 0.507 e.